The second-order valence-corrected chi connectivity index (χ2v) is 6.31. The van der Waals surface area contributed by atoms with Gasteiger partial charge in [-0.2, -0.15) is 0 Å². The lowest BCUT2D eigenvalue weighted by molar-refractivity contribution is -0.143. The third-order valence-electron chi connectivity index (χ3n) is 2.18. The molecule has 0 radical (unpaired) electrons. The molecule has 0 N–H and O–H groups in total. The van der Waals surface area contributed by atoms with Crippen molar-refractivity contribution in [3.05, 3.63) is 0 Å². The molecule has 0 aliphatic carbocycles. The highest BCUT2D eigenvalue weighted by Crippen LogP contribution is 2.45. The third-order valence-corrected chi connectivity index (χ3v) is 5.55. The zero-order valence-corrected chi connectivity index (χ0v) is 10.9. The Kier molecular flexibility index (Phi) is 5.86. The second-order valence-electron chi connectivity index (χ2n) is 3.27. The van der Waals surface area contributed by atoms with Crippen LogP contribution in [0.15, 0.2) is 0 Å². The average Bonchev–Trinajstić information content (AvgIpc) is 2.28. The molecule has 0 unspecified atom stereocenters. The first kappa shape index (κ1) is 13.2. The minimum absolute atomic E-state index is 0.0863. The summed E-state index contributed by atoms with van der Waals surface area (Å²) < 4.78 is 9.80. The zero-order chi connectivity index (χ0) is 11.1. The maximum absolute atomic E-state index is 11.9. The first-order chi connectivity index (χ1) is 7.25. The number of rotatable bonds is 5. The lowest BCUT2D eigenvalue weighted by Crippen LogP contribution is -2.37. The summed E-state index contributed by atoms with van der Waals surface area (Å²) in [5.41, 5.74) is 0. The Morgan fingerprint density at radius 2 is 2.07 bits per heavy atom. The van der Waals surface area contributed by atoms with E-state index in [1.54, 1.807) is 30.6 Å². The third kappa shape index (κ3) is 3.57. The molecular weight excluding hydrogens is 232 g/mol. The van der Waals surface area contributed by atoms with E-state index in [-0.39, 0.29) is 5.97 Å². The van der Waals surface area contributed by atoms with Crippen molar-refractivity contribution in [1.82, 2.24) is 0 Å². The van der Waals surface area contributed by atoms with Crippen molar-refractivity contribution >= 4 is 29.5 Å². The lowest BCUT2D eigenvalue weighted by atomic mass is 10.3. The van der Waals surface area contributed by atoms with Gasteiger partial charge in [0.2, 0.25) is 0 Å². The highest BCUT2D eigenvalue weighted by atomic mass is 32.2. The number of carbonyl (C=O) groups excluding carboxylic acids is 1. The van der Waals surface area contributed by atoms with Gasteiger partial charge in [0, 0.05) is 20.1 Å². The Labute approximate surface area is 99.7 Å². The van der Waals surface area contributed by atoms with Gasteiger partial charge < -0.3 is 9.47 Å². The van der Waals surface area contributed by atoms with Gasteiger partial charge in [0.25, 0.3) is 0 Å². The molecule has 1 aliphatic heterocycles. The molecule has 0 aromatic rings. The molecule has 0 saturated carbocycles. The number of carbonyl (C=O) groups is 1. The Hall–Kier alpha value is 0.130. The normalized spacial score (nSPS) is 19.9. The fraction of sp³-hybridized carbons (Fsp3) is 0.900. The van der Waals surface area contributed by atoms with Gasteiger partial charge in [-0.05, 0) is 24.9 Å². The topological polar surface area (TPSA) is 35.5 Å². The minimum Gasteiger partial charge on any atom is -0.464 e. The summed E-state index contributed by atoms with van der Waals surface area (Å²) >= 11 is 3.41. The van der Waals surface area contributed by atoms with Crippen LogP contribution in [0.2, 0.25) is 0 Å². The number of esters is 1. The van der Waals surface area contributed by atoms with E-state index < -0.39 is 4.08 Å². The summed E-state index contributed by atoms with van der Waals surface area (Å²) in [7, 11) is 1.66. The maximum Gasteiger partial charge on any atom is 0.332 e. The van der Waals surface area contributed by atoms with Crippen LogP contribution in [0, 0.1) is 0 Å². The van der Waals surface area contributed by atoms with Crippen molar-refractivity contribution < 1.29 is 14.3 Å². The van der Waals surface area contributed by atoms with Crippen LogP contribution in [0.5, 0.6) is 0 Å². The predicted octanol–water partition coefficient (Wildman–Crippen LogP) is 2.15. The average molecular weight is 250 g/mol. The van der Waals surface area contributed by atoms with Gasteiger partial charge in [-0.15, -0.1) is 23.5 Å². The van der Waals surface area contributed by atoms with Crippen LogP contribution >= 0.6 is 23.5 Å². The summed E-state index contributed by atoms with van der Waals surface area (Å²) in [6.45, 7) is 2.91. The van der Waals surface area contributed by atoms with Gasteiger partial charge in [-0.3, -0.25) is 0 Å². The quantitative estimate of drug-likeness (QED) is 0.699. The highest BCUT2D eigenvalue weighted by molar-refractivity contribution is 8.19. The zero-order valence-electron chi connectivity index (χ0n) is 9.28. The molecule has 0 spiro atoms. The van der Waals surface area contributed by atoms with E-state index in [1.165, 1.54) is 6.42 Å². The molecule has 1 rings (SSSR count). The Bertz CT molecular complexity index is 203. The van der Waals surface area contributed by atoms with Crippen LogP contribution in [0.25, 0.3) is 0 Å². The van der Waals surface area contributed by atoms with Gasteiger partial charge in [-0.1, -0.05) is 0 Å². The monoisotopic (exact) mass is 250 g/mol. The lowest BCUT2D eigenvalue weighted by Gasteiger charge is -2.33. The molecule has 0 bridgehead atoms. The summed E-state index contributed by atoms with van der Waals surface area (Å²) in [6, 6.07) is 0. The number of methoxy groups -OCH3 is 1. The van der Waals surface area contributed by atoms with Crippen molar-refractivity contribution in [2.75, 3.05) is 31.8 Å². The first-order valence-corrected chi connectivity index (χ1v) is 7.16. The van der Waals surface area contributed by atoms with E-state index >= 15 is 0 Å². The summed E-state index contributed by atoms with van der Waals surface area (Å²) in [5.74, 6) is 1.99. The number of hydrogen-bond acceptors (Lipinski definition) is 5. The Morgan fingerprint density at radius 1 is 1.40 bits per heavy atom. The van der Waals surface area contributed by atoms with Crippen molar-refractivity contribution in [2.45, 2.75) is 23.8 Å². The Morgan fingerprint density at radius 3 is 2.60 bits per heavy atom. The SMILES string of the molecule is CCOC(=O)C1(CCOC)SCCCS1. The molecule has 15 heavy (non-hydrogen) atoms. The molecular formula is C10H18O3S2. The Balaban J connectivity index is 2.61. The largest absolute Gasteiger partial charge is 0.464 e. The van der Waals surface area contributed by atoms with Gasteiger partial charge in [0.1, 0.15) is 0 Å². The molecule has 88 valence electrons. The fourth-order valence-corrected chi connectivity index (χ4v) is 4.48. The summed E-state index contributed by atoms with van der Waals surface area (Å²) in [5, 5.41) is 0. The molecule has 1 fully saturated rings. The van der Waals surface area contributed by atoms with Crippen LogP contribution in [-0.2, 0) is 14.3 Å². The van der Waals surface area contributed by atoms with Gasteiger partial charge >= 0.3 is 5.97 Å². The van der Waals surface area contributed by atoms with Crippen LogP contribution in [0.3, 0.4) is 0 Å². The summed E-state index contributed by atoms with van der Waals surface area (Å²) in [4.78, 5) is 11.9. The molecule has 1 saturated heterocycles. The van der Waals surface area contributed by atoms with Crippen molar-refractivity contribution in [1.29, 1.82) is 0 Å². The van der Waals surface area contributed by atoms with Gasteiger partial charge in [0.15, 0.2) is 4.08 Å². The van der Waals surface area contributed by atoms with Crippen molar-refractivity contribution in [3.8, 4) is 0 Å². The number of hydrogen-bond donors (Lipinski definition) is 0. The smallest absolute Gasteiger partial charge is 0.332 e. The maximum atomic E-state index is 11.9. The molecule has 5 heteroatoms. The first-order valence-electron chi connectivity index (χ1n) is 5.19. The van der Waals surface area contributed by atoms with E-state index in [9.17, 15) is 4.79 Å². The molecule has 0 aromatic heterocycles. The van der Waals surface area contributed by atoms with E-state index in [4.69, 9.17) is 9.47 Å². The summed E-state index contributed by atoms with van der Waals surface area (Å²) in [6.07, 6.45) is 1.90. The van der Waals surface area contributed by atoms with Gasteiger partial charge in [0.05, 0.1) is 6.61 Å². The van der Waals surface area contributed by atoms with Crippen LogP contribution in [-0.4, -0.2) is 41.9 Å². The number of ether oxygens (including phenoxy) is 2. The molecule has 1 heterocycles. The molecule has 3 nitrogen and oxygen atoms in total. The number of thioether (sulfide) groups is 2. The molecule has 0 amide bonds. The van der Waals surface area contributed by atoms with Crippen LogP contribution in [0.1, 0.15) is 19.8 Å². The van der Waals surface area contributed by atoms with E-state index in [0.29, 0.717) is 13.2 Å². The van der Waals surface area contributed by atoms with E-state index in [2.05, 4.69) is 0 Å². The minimum atomic E-state index is -0.412. The highest BCUT2D eigenvalue weighted by Gasteiger charge is 2.42. The fourth-order valence-electron chi connectivity index (χ4n) is 1.42. The van der Waals surface area contributed by atoms with Crippen molar-refractivity contribution in [3.63, 3.8) is 0 Å². The van der Waals surface area contributed by atoms with E-state index in [0.717, 1.165) is 17.9 Å². The van der Waals surface area contributed by atoms with Crippen LogP contribution < -0.4 is 0 Å². The molecule has 0 atom stereocenters. The second kappa shape index (κ2) is 6.66. The van der Waals surface area contributed by atoms with Crippen LogP contribution in [0.4, 0.5) is 0 Å². The standard InChI is InChI=1S/C10H18O3S2/c1-3-13-9(11)10(5-6-12-2)14-7-4-8-15-10/h3-8H2,1-2H3. The predicted molar refractivity (Wildman–Crippen MR) is 65.4 cm³/mol. The molecule has 0 aromatic carbocycles. The van der Waals surface area contributed by atoms with E-state index in [1.807, 2.05) is 6.92 Å². The van der Waals surface area contributed by atoms with Crippen molar-refractivity contribution in [2.24, 2.45) is 0 Å². The molecule has 1 aliphatic rings. The van der Waals surface area contributed by atoms with Gasteiger partial charge in [-0.25, -0.2) is 4.79 Å².